The van der Waals surface area contributed by atoms with E-state index in [1.165, 1.54) is 4.90 Å². The number of nitrogens with one attached hydrogen (secondary N) is 1. The first-order chi connectivity index (χ1) is 11.4. The Kier molecular flexibility index (Phi) is 4.83. The number of ether oxygens (including phenoxy) is 1. The predicted molar refractivity (Wildman–Crippen MR) is 83.3 cm³/mol. The van der Waals surface area contributed by atoms with E-state index in [0.29, 0.717) is 6.07 Å². The van der Waals surface area contributed by atoms with Crippen LogP contribution in [0.25, 0.3) is 0 Å². The number of alkyl halides is 3. The molecule has 0 unspecified atom stereocenters. The Morgan fingerprint density at radius 3 is 2.40 bits per heavy atom. The lowest BCUT2D eigenvalue weighted by atomic mass is 10.1. The van der Waals surface area contributed by atoms with E-state index in [2.05, 4.69) is 5.32 Å². The SMILES string of the molecule is CC(C)(C)OC(=O)N1CC(Nc2ccc(C(F)(F)F)cc2[N+](=O)[O-])C1. The number of nitro groups is 1. The van der Waals surface area contributed by atoms with E-state index in [1.807, 2.05) is 0 Å². The summed E-state index contributed by atoms with van der Waals surface area (Å²) in [5, 5.41) is 13.8. The molecule has 0 atom stereocenters. The summed E-state index contributed by atoms with van der Waals surface area (Å²) in [5.41, 5.74) is -2.41. The van der Waals surface area contributed by atoms with E-state index in [-0.39, 0.29) is 24.8 Å². The van der Waals surface area contributed by atoms with Gasteiger partial charge in [0.2, 0.25) is 0 Å². The Morgan fingerprint density at radius 2 is 1.92 bits per heavy atom. The van der Waals surface area contributed by atoms with Crippen LogP contribution in [0.15, 0.2) is 18.2 Å². The molecule has 0 bridgehead atoms. The molecule has 0 radical (unpaired) electrons. The van der Waals surface area contributed by atoms with Gasteiger partial charge in [-0.25, -0.2) is 4.79 Å². The lowest BCUT2D eigenvalue weighted by Crippen LogP contribution is -2.57. The summed E-state index contributed by atoms with van der Waals surface area (Å²) in [7, 11) is 0. The second kappa shape index (κ2) is 6.41. The molecule has 1 aliphatic heterocycles. The van der Waals surface area contributed by atoms with Crippen LogP contribution in [0, 0.1) is 10.1 Å². The third-order valence-electron chi connectivity index (χ3n) is 3.41. The van der Waals surface area contributed by atoms with Crippen molar-refractivity contribution in [1.82, 2.24) is 4.90 Å². The van der Waals surface area contributed by atoms with Gasteiger partial charge in [-0.05, 0) is 32.9 Å². The standard InChI is InChI=1S/C15H18F3N3O4/c1-14(2,3)25-13(22)20-7-10(8-20)19-11-5-4-9(15(16,17)18)6-12(11)21(23)24/h4-6,10,19H,7-8H2,1-3H3. The molecule has 138 valence electrons. The molecule has 10 heteroatoms. The molecule has 1 heterocycles. The number of nitro benzene ring substituents is 1. The molecule has 1 fully saturated rings. The van der Waals surface area contributed by atoms with Crippen LogP contribution in [0.1, 0.15) is 26.3 Å². The van der Waals surface area contributed by atoms with Crippen molar-refractivity contribution in [2.45, 2.75) is 38.6 Å². The number of hydrogen-bond acceptors (Lipinski definition) is 5. The van der Waals surface area contributed by atoms with Crippen LogP contribution in [0.3, 0.4) is 0 Å². The van der Waals surface area contributed by atoms with E-state index in [9.17, 15) is 28.1 Å². The van der Waals surface area contributed by atoms with Crippen molar-refractivity contribution < 1.29 is 27.6 Å². The third-order valence-corrected chi connectivity index (χ3v) is 3.41. The molecule has 1 aromatic carbocycles. The van der Waals surface area contributed by atoms with Gasteiger partial charge >= 0.3 is 12.3 Å². The van der Waals surface area contributed by atoms with Gasteiger partial charge in [0, 0.05) is 19.2 Å². The van der Waals surface area contributed by atoms with Gasteiger partial charge in [0.25, 0.3) is 5.69 Å². The molecule has 25 heavy (non-hydrogen) atoms. The third kappa shape index (κ3) is 4.74. The summed E-state index contributed by atoms with van der Waals surface area (Å²) in [6, 6.07) is 1.99. The summed E-state index contributed by atoms with van der Waals surface area (Å²) in [5.74, 6) is 0. The lowest BCUT2D eigenvalue weighted by Gasteiger charge is -2.40. The van der Waals surface area contributed by atoms with Crippen LogP contribution >= 0.6 is 0 Å². The highest BCUT2D eigenvalue weighted by molar-refractivity contribution is 5.70. The van der Waals surface area contributed by atoms with Crippen molar-refractivity contribution in [3.63, 3.8) is 0 Å². The number of halogens is 3. The number of rotatable bonds is 3. The van der Waals surface area contributed by atoms with Crippen molar-refractivity contribution in [3.05, 3.63) is 33.9 Å². The Hall–Kier alpha value is -2.52. The number of likely N-dealkylation sites (tertiary alicyclic amines) is 1. The molecule has 7 nitrogen and oxygen atoms in total. The minimum absolute atomic E-state index is 0.0214. The van der Waals surface area contributed by atoms with E-state index in [4.69, 9.17) is 4.74 Å². The Labute approximate surface area is 141 Å². The first-order valence-electron chi connectivity index (χ1n) is 7.47. The number of nitrogens with zero attached hydrogens (tertiary/aromatic N) is 2. The van der Waals surface area contributed by atoms with Crippen molar-refractivity contribution in [2.24, 2.45) is 0 Å². The normalized spacial score (nSPS) is 15.5. The fourth-order valence-electron chi connectivity index (χ4n) is 2.25. The van der Waals surface area contributed by atoms with Gasteiger partial charge in [0.15, 0.2) is 0 Å². The molecule has 1 aromatic rings. The average molecular weight is 361 g/mol. The molecule has 1 aliphatic rings. The van der Waals surface area contributed by atoms with E-state index < -0.39 is 34.0 Å². The van der Waals surface area contributed by atoms with Gasteiger partial charge in [-0.3, -0.25) is 10.1 Å². The molecule has 2 rings (SSSR count). The summed E-state index contributed by atoms with van der Waals surface area (Å²) in [4.78, 5) is 23.4. The molecule has 1 saturated heterocycles. The minimum Gasteiger partial charge on any atom is -0.444 e. The zero-order valence-corrected chi connectivity index (χ0v) is 13.9. The van der Waals surface area contributed by atoms with Gasteiger partial charge in [-0.2, -0.15) is 13.2 Å². The van der Waals surface area contributed by atoms with Gasteiger partial charge in [0.05, 0.1) is 16.5 Å². The number of carbonyl (C=O) groups excluding carboxylic acids is 1. The largest absolute Gasteiger partial charge is 0.444 e. The van der Waals surface area contributed by atoms with Crippen molar-refractivity contribution >= 4 is 17.5 Å². The lowest BCUT2D eigenvalue weighted by molar-refractivity contribution is -0.384. The summed E-state index contributed by atoms with van der Waals surface area (Å²) < 4.78 is 43.2. The molecule has 0 aromatic heterocycles. The fourth-order valence-corrected chi connectivity index (χ4v) is 2.25. The minimum atomic E-state index is -4.66. The molecule has 0 spiro atoms. The quantitative estimate of drug-likeness (QED) is 0.656. The van der Waals surface area contributed by atoms with E-state index in [0.717, 1.165) is 12.1 Å². The van der Waals surface area contributed by atoms with Gasteiger partial charge in [0.1, 0.15) is 11.3 Å². The van der Waals surface area contributed by atoms with Gasteiger partial charge < -0.3 is 15.0 Å². The molecule has 0 saturated carbocycles. The average Bonchev–Trinajstić information content (AvgIpc) is 2.38. The molecule has 1 N–H and O–H groups in total. The number of carbonyl (C=O) groups is 1. The highest BCUT2D eigenvalue weighted by Gasteiger charge is 2.36. The van der Waals surface area contributed by atoms with Gasteiger partial charge in [-0.1, -0.05) is 0 Å². The predicted octanol–water partition coefficient (Wildman–Crippen LogP) is 3.64. The Bertz CT molecular complexity index is 680. The summed E-state index contributed by atoms with van der Waals surface area (Å²) in [6.07, 6.45) is -5.17. The van der Waals surface area contributed by atoms with E-state index in [1.54, 1.807) is 20.8 Å². The summed E-state index contributed by atoms with van der Waals surface area (Å²) in [6.45, 7) is 5.67. The Morgan fingerprint density at radius 1 is 1.32 bits per heavy atom. The summed E-state index contributed by atoms with van der Waals surface area (Å²) >= 11 is 0. The van der Waals surface area contributed by atoms with Crippen molar-refractivity contribution in [2.75, 3.05) is 18.4 Å². The second-order valence-corrected chi connectivity index (χ2v) is 6.71. The maximum atomic E-state index is 12.7. The molecular weight excluding hydrogens is 343 g/mol. The number of anilines is 1. The van der Waals surface area contributed by atoms with Crippen LogP contribution < -0.4 is 5.32 Å². The second-order valence-electron chi connectivity index (χ2n) is 6.71. The topological polar surface area (TPSA) is 84.7 Å². The molecule has 1 amide bonds. The molecule has 0 aliphatic carbocycles. The van der Waals surface area contributed by atoms with Crippen molar-refractivity contribution in [1.29, 1.82) is 0 Å². The number of benzene rings is 1. The Balaban J connectivity index is 2.03. The first-order valence-corrected chi connectivity index (χ1v) is 7.47. The van der Waals surface area contributed by atoms with Crippen LogP contribution in [0.5, 0.6) is 0 Å². The maximum Gasteiger partial charge on any atom is 0.416 e. The zero-order valence-electron chi connectivity index (χ0n) is 13.9. The van der Waals surface area contributed by atoms with Crippen LogP contribution in [0.4, 0.5) is 29.3 Å². The highest BCUT2D eigenvalue weighted by atomic mass is 19.4. The zero-order chi connectivity index (χ0) is 19.0. The highest BCUT2D eigenvalue weighted by Crippen LogP contribution is 2.35. The van der Waals surface area contributed by atoms with Crippen molar-refractivity contribution in [3.8, 4) is 0 Å². The van der Waals surface area contributed by atoms with Crippen LogP contribution in [-0.2, 0) is 10.9 Å². The monoisotopic (exact) mass is 361 g/mol. The van der Waals surface area contributed by atoms with Crippen LogP contribution in [-0.4, -0.2) is 40.6 Å². The number of amides is 1. The van der Waals surface area contributed by atoms with Gasteiger partial charge in [-0.15, -0.1) is 0 Å². The van der Waals surface area contributed by atoms with Crippen LogP contribution in [0.2, 0.25) is 0 Å². The fraction of sp³-hybridized carbons (Fsp3) is 0.533. The maximum absolute atomic E-state index is 12.7. The van der Waals surface area contributed by atoms with E-state index >= 15 is 0 Å². The molecular formula is C15H18F3N3O4. The number of hydrogen-bond donors (Lipinski definition) is 1. The first kappa shape index (κ1) is 18.8. The smallest absolute Gasteiger partial charge is 0.416 e.